The zero-order valence-corrected chi connectivity index (χ0v) is 16.2. The minimum atomic E-state index is -0.191. The SMILES string of the molecule is Fc1ccccc1-c1cn(-c2ccc(-c3ccccc3)cc2)c2[n+]1CCCCN2. The first-order valence-electron chi connectivity index (χ1n) is 10.1. The molecule has 5 rings (SSSR count). The summed E-state index contributed by atoms with van der Waals surface area (Å²) in [5, 5.41) is 3.55. The highest BCUT2D eigenvalue weighted by Crippen LogP contribution is 2.27. The van der Waals surface area contributed by atoms with E-state index in [1.54, 1.807) is 6.07 Å². The van der Waals surface area contributed by atoms with E-state index in [-0.39, 0.29) is 5.82 Å². The van der Waals surface area contributed by atoms with Gasteiger partial charge in [0, 0.05) is 0 Å². The maximum Gasteiger partial charge on any atom is 0.362 e. The number of rotatable bonds is 3. The van der Waals surface area contributed by atoms with Gasteiger partial charge in [-0.25, -0.2) is 13.5 Å². The van der Waals surface area contributed by atoms with E-state index in [1.807, 2.05) is 24.4 Å². The van der Waals surface area contributed by atoms with E-state index < -0.39 is 0 Å². The predicted molar refractivity (Wildman–Crippen MR) is 115 cm³/mol. The third kappa shape index (κ3) is 3.31. The fourth-order valence-corrected chi connectivity index (χ4v) is 4.03. The summed E-state index contributed by atoms with van der Waals surface area (Å²) >= 11 is 0. The molecule has 0 unspecified atom stereocenters. The van der Waals surface area contributed by atoms with E-state index in [2.05, 4.69) is 63.0 Å². The van der Waals surface area contributed by atoms with Crippen LogP contribution in [0.2, 0.25) is 0 Å². The van der Waals surface area contributed by atoms with Crippen LogP contribution in [-0.4, -0.2) is 11.1 Å². The minimum absolute atomic E-state index is 0.191. The first kappa shape index (κ1) is 17.7. The number of aromatic nitrogens is 2. The van der Waals surface area contributed by atoms with Crippen LogP contribution in [0.1, 0.15) is 12.8 Å². The molecule has 1 aromatic heterocycles. The van der Waals surface area contributed by atoms with Crippen molar-refractivity contribution in [2.45, 2.75) is 19.4 Å². The maximum absolute atomic E-state index is 14.6. The number of anilines is 1. The van der Waals surface area contributed by atoms with Crippen LogP contribution in [0.3, 0.4) is 0 Å². The molecule has 2 heterocycles. The highest BCUT2D eigenvalue weighted by atomic mass is 19.1. The molecule has 0 amide bonds. The molecule has 3 nitrogen and oxygen atoms in total. The molecular formula is C25H23FN3+. The van der Waals surface area contributed by atoms with Crippen molar-refractivity contribution in [3.05, 3.63) is 90.9 Å². The lowest BCUT2D eigenvalue weighted by Gasteiger charge is -2.06. The van der Waals surface area contributed by atoms with Crippen molar-refractivity contribution in [3.8, 4) is 28.1 Å². The highest BCUT2D eigenvalue weighted by molar-refractivity contribution is 5.65. The molecule has 4 heteroatoms. The second-order valence-electron chi connectivity index (χ2n) is 7.39. The van der Waals surface area contributed by atoms with E-state index in [0.717, 1.165) is 43.3 Å². The van der Waals surface area contributed by atoms with Crippen LogP contribution in [0, 0.1) is 5.82 Å². The second kappa shape index (κ2) is 7.55. The van der Waals surface area contributed by atoms with Gasteiger partial charge in [0.15, 0.2) is 0 Å². The molecule has 0 atom stereocenters. The molecule has 0 radical (unpaired) electrons. The largest absolute Gasteiger partial charge is 0.362 e. The second-order valence-corrected chi connectivity index (χ2v) is 7.39. The van der Waals surface area contributed by atoms with Gasteiger partial charge in [-0.1, -0.05) is 54.6 Å². The Balaban J connectivity index is 1.61. The van der Waals surface area contributed by atoms with Crippen molar-refractivity contribution in [3.63, 3.8) is 0 Å². The monoisotopic (exact) mass is 384 g/mol. The van der Waals surface area contributed by atoms with Crippen LogP contribution in [0.15, 0.2) is 85.1 Å². The lowest BCUT2D eigenvalue weighted by atomic mass is 10.1. The number of nitrogens with one attached hydrogen (secondary N) is 1. The van der Waals surface area contributed by atoms with Crippen molar-refractivity contribution in [1.29, 1.82) is 0 Å². The van der Waals surface area contributed by atoms with Gasteiger partial charge in [0.25, 0.3) is 0 Å². The number of benzene rings is 3. The van der Waals surface area contributed by atoms with Gasteiger partial charge in [-0.3, -0.25) is 5.32 Å². The molecule has 144 valence electrons. The standard InChI is InChI=1S/C25H22FN3/c26-23-11-5-4-10-22(23)24-18-29(25-27-16-6-7-17-28(24)25)21-14-12-20(13-15-21)19-8-2-1-3-9-19/h1-5,8-15,18H,6-7,16-17H2/p+1. The third-order valence-electron chi connectivity index (χ3n) is 5.52. The average molecular weight is 384 g/mol. The zero-order chi connectivity index (χ0) is 19.6. The molecule has 29 heavy (non-hydrogen) atoms. The highest BCUT2D eigenvalue weighted by Gasteiger charge is 2.27. The van der Waals surface area contributed by atoms with Gasteiger partial charge in [0.05, 0.1) is 18.7 Å². The van der Waals surface area contributed by atoms with Crippen molar-refractivity contribution < 1.29 is 8.96 Å². The Morgan fingerprint density at radius 1 is 0.793 bits per heavy atom. The predicted octanol–water partition coefficient (Wildman–Crippen LogP) is 5.44. The molecule has 1 aliphatic rings. The topological polar surface area (TPSA) is 20.8 Å². The molecule has 0 aliphatic carbocycles. The van der Waals surface area contributed by atoms with Gasteiger partial charge in [-0.05, 0) is 48.2 Å². The summed E-state index contributed by atoms with van der Waals surface area (Å²) in [4.78, 5) is 0. The molecule has 0 fully saturated rings. The molecular weight excluding hydrogens is 361 g/mol. The summed E-state index contributed by atoms with van der Waals surface area (Å²) in [6.07, 6.45) is 4.22. The van der Waals surface area contributed by atoms with E-state index in [9.17, 15) is 4.39 Å². The Morgan fingerprint density at radius 3 is 2.31 bits per heavy atom. The summed E-state index contributed by atoms with van der Waals surface area (Å²) in [6, 6.07) is 25.9. The number of halogens is 1. The van der Waals surface area contributed by atoms with E-state index in [4.69, 9.17) is 0 Å². The first-order valence-corrected chi connectivity index (χ1v) is 10.1. The molecule has 0 saturated heterocycles. The average Bonchev–Trinajstić information content (AvgIpc) is 2.95. The van der Waals surface area contributed by atoms with Crippen LogP contribution >= 0.6 is 0 Å². The Morgan fingerprint density at radius 2 is 1.52 bits per heavy atom. The molecule has 0 bridgehead atoms. The normalized spacial score (nSPS) is 13.4. The third-order valence-corrected chi connectivity index (χ3v) is 5.52. The number of nitrogens with zero attached hydrogens (tertiary/aromatic N) is 2. The van der Waals surface area contributed by atoms with Crippen LogP contribution in [0.25, 0.3) is 28.1 Å². The van der Waals surface area contributed by atoms with Gasteiger partial charge in [-0.2, -0.15) is 0 Å². The van der Waals surface area contributed by atoms with Crippen molar-refractivity contribution >= 4 is 5.95 Å². The summed E-state index contributed by atoms with van der Waals surface area (Å²) < 4.78 is 18.9. The summed E-state index contributed by atoms with van der Waals surface area (Å²) in [5.41, 5.74) is 4.98. The van der Waals surface area contributed by atoms with E-state index in [1.165, 1.54) is 17.2 Å². The van der Waals surface area contributed by atoms with Crippen LogP contribution in [-0.2, 0) is 6.54 Å². The lowest BCUT2D eigenvalue weighted by molar-refractivity contribution is -0.671. The van der Waals surface area contributed by atoms with E-state index in [0.29, 0.717) is 5.56 Å². The van der Waals surface area contributed by atoms with Crippen molar-refractivity contribution in [2.24, 2.45) is 0 Å². The van der Waals surface area contributed by atoms with Gasteiger partial charge in [0.2, 0.25) is 0 Å². The fourth-order valence-electron chi connectivity index (χ4n) is 4.03. The number of hydrogen-bond acceptors (Lipinski definition) is 1. The van der Waals surface area contributed by atoms with Crippen molar-refractivity contribution in [1.82, 2.24) is 4.57 Å². The zero-order valence-electron chi connectivity index (χ0n) is 16.2. The number of hydrogen-bond donors (Lipinski definition) is 1. The minimum Gasteiger partial charge on any atom is -0.277 e. The van der Waals surface area contributed by atoms with Crippen LogP contribution < -0.4 is 9.88 Å². The molecule has 0 saturated carbocycles. The summed E-state index contributed by atoms with van der Waals surface area (Å²) in [5.74, 6) is 0.817. The van der Waals surface area contributed by atoms with E-state index >= 15 is 0 Å². The summed E-state index contributed by atoms with van der Waals surface area (Å²) in [6.45, 7) is 1.80. The molecule has 0 spiro atoms. The first-order chi connectivity index (χ1) is 14.3. The Labute approximate surface area is 170 Å². The Kier molecular flexibility index (Phi) is 4.60. The van der Waals surface area contributed by atoms with Gasteiger partial charge in [-0.15, -0.1) is 0 Å². The van der Waals surface area contributed by atoms with Gasteiger partial charge >= 0.3 is 5.95 Å². The molecule has 1 aliphatic heterocycles. The van der Waals surface area contributed by atoms with Gasteiger partial charge < -0.3 is 0 Å². The molecule has 1 N–H and O–H groups in total. The number of fused-ring (bicyclic) bond motifs is 1. The Bertz CT molecular complexity index is 1130. The smallest absolute Gasteiger partial charge is 0.277 e. The number of imidazole rings is 1. The molecule has 3 aromatic carbocycles. The van der Waals surface area contributed by atoms with Crippen molar-refractivity contribution in [2.75, 3.05) is 11.9 Å². The molecule has 4 aromatic rings. The fraction of sp³-hybridized carbons (Fsp3) is 0.160. The summed E-state index contributed by atoms with van der Waals surface area (Å²) in [7, 11) is 0. The maximum atomic E-state index is 14.6. The lowest BCUT2D eigenvalue weighted by Crippen LogP contribution is -2.36. The van der Waals surface area contributed by atoms with Gasteiger partial charge in [0.1, 0.15) is 23.4 Å². The van der Waals surface area contributed by atoms with Crippen LogP contribution in [0.4, 0.5) is 10.3 Å². The Hall–Kier alpha value is -3.40. The van der Waals surface area contributed by atoms with Crippen LogP contribution in [0.5, 0.6) is 0 Å². The quantitative estimate of drug-likeness (QED) is 0.466.